The van der Waals surface area contributed by atoms with E-state index in [2.05, 4.69) is 13.7 Å². The molecule has 98 valence electrons. The zero-order valence-electron chi connectivity index (χ0n) is 9.97. The molecule has 3 rings (SSSR count). The van der Waals surface area contributed by atoms with Crippen molar-refractivity contribution >= 4 is 22.8 Å². The van der Waals surface area contributed by atoms with Crippen LogP contribution in [0, 0.1) is 0 Å². The van der Waals surface area contributed by atoms with Crippen LogP contribution in [0.4, 0.5) is 0 Å². The molecule has 0 aliphatic rings. The monoisotopic (exact) mass is 276 g/mol. The second kappa shape index (κ2) is 5.04. The van der Waals surface area contributed by atoms with Crippen LogP contribution in [-0.2, 0) is 0 Å². The van der Waals surface area contributed by atoms with Crippen molar-refractivity contribution in [2.45, 2.75) is 6.04 Å². The van der Waals surface area contributed by atoms with E-state index in [0.717, 1.165) is 16.6 Å². The van der Waals surface area contributed by atoms with Gasteiger partial charge in [0.2, 0.25) is 0 Å². The summed E-state index contributed by atoms with van der Waals surface area (Å²) in [5.74, 6) is 0.697. The van der Waals surface area contributed by atoms with Gasteiger partial charge in [0, 0.05) is 18.0 Å². The largest absolute Gasteiger partial charge is 0.394 e. The van der Waals surface area contributed by atoms with Crippen molar-refractivity contribution in [1.82, 2.24) is 18.3 Å². The van der Waals surface area contributed by atoms with Crippen molar-refractivity contribution in [3.63, 3.8) is 0 Å². The van der Waals surface area contributed by atoms with Crippen molar-refractivity contribution in [1.29, 1.82) is 0 Å². The van der Waals surface area contributed by atoms with Gasteiger partial charge in [0.1, 0.15) is 16.9 Å². The maximum absolute atomic E-state index is 9.28. The molecule has 19 heavy (non-hydrogen) atoms. The number of nitrogens with zero attached hydrogens (tertiary/aromatic N) is 4. The quantitative estimate of drug-likeness (QED) is 0.745. The summed E-state index contributed by atoms with van der Waals surface area (Å²) in [6.45, 7) is -0.277. The highest BCUT2D eigenvalue weighted by Crippen LogP contribution is 2.24. The molecular weight excluding hydrogens is 264 g/mol. The zero-order valence-corrected chi connectivity index (χ0v) is 10.8. The Balaban J connectivity index is 2.08. The van der Waals surface area contributed by atoms with E-state index in [4.69, 9.17) is 0 Å². The minimum Gasteiger partial charge on any atom is -0.394 e. The van der Waals surface area contributed by atoms with Crippen LogP contribution in [0.15, 0.2) is 30.6 Å². The highest BCUT2D eigenvalue weighted by molar-refractivity contribution is 7.00. The summed E-state index contributed by atoms with van der Waals surface area (Å²) in [6, 6.07) is 5.32. The lowest BCUT2D eigenvalue weighted by atomic mass is 10.1. The number of imidazole rings is 1. The van der Waals surface area contributed by atoms with E-state index < -0.39 is 0 Å². The molecule has 0 spiro atoms. The number of fused-ring (bicyclic) bond motifs is 1. The minimum absolute atomic E-state index is 0.139. The van der Waals surface area contributed by atoms with Crippen LogP contribution in [0.3, 0.4) is 0 Å². The smallest absolute Gasteiger partial charge is 0.140 e. The van der Waals surface area contributed by atoms with Crippen molar-refractivity contribution in [3.8, 4) is 11.4 Å². The minimum atomic E-state index is -0.387. The van der Waals surface area contributed by atoms with Gasteiger partial charge in [0.25, 0.3) is 0 Å². The van der Waals surface area contributed by atoms with Gasteiger partial charge in [0.05, 0.1) is 31.0 Å². The molecule has 0 unspecified atom stereocenters. The first kappa shape index (κ1) is 12.2. The maximum Gasteiger partial charge on any atom is 0.140 e. The van der Waals surface area contributed by atoms with Gasteiger partial charge in [-0.05, 0) is 18.2 Å². The molecule has 0 saturated carbocycles. The number of hydrogen-bond donors (Lipinski definition) is 2. The maximum atomic E-state index is 9.28. The first-order valence-electron chi connectivity index (χ1n) is 5.80. The summed E-state index contributed by atoms with van der Waals surface area (Å²) < 4.78 is 10.1. The van der Waals surface area contributed by atoms with Gasteiger partial charge in [-0.15, -0.1) is 0 Å². The van der Waals surface area contributed by atoms with Crippen molar-refractivity contribution < 1.29 is 10.2 Å². The SMILES string of the molecule is OCC(CO)n1ccnc1-c1ccc2nsnc2c1. The summed E-state index contributed by atoms with van der Waals surface area (Å²) >= 11 is 1.17. The van der Waals surface area contributed by atoms with E-state index in [1.807, 2.05) is 18.2 Å². The Morgan fingerprint density at radius 3 is 2.74 bits per heavy atom. The van der Waals surface area contributed by atoms with Crippen molar-refractivity contribution in [2.75, 3.05) is 13.2 Å². The lowest BCUT2D eigenvalue weighted by Crippen LogP contribution is -2.17. The third-order valence-corrected chi connectivity index (χ3v) is 3.55. The zero-order chi connectivity index (χ0) is 13.2. The molecule has 0 bridgehead atoms. The number of rotatable bonds is 4. The Bertz CT molecular complexity index is 690. The fourth-order valence-electron chi connectivity index (χ4n) is 1.99. The Morgan fingerprint density at radius 2 is 1.95 bits per heavy atom. The number of aliphatic hydroxyl groups is 2. The first-order valence-corrected chi connectivity index (χ1v) is 6.53. The summed E-state index contributed by atoms with van der Waals surface area (Å²) in [5.41, 5.74) is 2.56. The molecule has 0 atom stereocenters. The summed E-state index contributed by atoms with van der Waals surface area (Å²) in [6.07, 6.45) is 3.40. The van der Waals surface area contributed by atoms with Crippen LogP contribution in [0.5, 0.6) is 0 Å². The predicted molar refractivity (Wildman–Crippen MR) is 71.8 cm³/mol. The van der Waals surface area contributed by atoms with Crippen molar-refractivity contribution in [2.24, 2.45) is 0 Å². The molecule has 1 aromatic carbocycles. The van der Waals surface area contributed by atoms with E-state index >= 15 is 0 Å². The number of aromatic nitrogens is 4. The normalized spacial score (nSPS) is 11.5. The third-order valence-electron chi connectivity index (χ3n) is 3.00. The molecule has 0 radical (unpaired) electrons. The Kier molecular flexibility index (Phi) is 3.24. The molecule has 2 aromatic heterocycles. The van der Waals surface area contributed by atoms with E-state index in [-0.39, 0.29) is 19.3 Å². The Morgan fingerprint density at radius 1 is 1.16 bits per heavy atom. The topological polar surface area (TPSA) is 84.1 Å². The van der Waals surface area contributed by atoms with Gasteiger partial charge < -0.3 is 14.8 Å². The van der Waals surface area contributed by atoms with Gasteiger partial charge in [0.15, 0.2) is 0 Å². The molecular formula is C12H12N4O2S. The molecule has 0 aliphatic heterocycles. The van der Waals surface area contributed by atoms with Crippen LogP contribution in [-0.4, -0.2) is 41.7 Å². The van der Waals surface area contributed by atoms with Gasteiger partial charge in [-0.1, -0.05) is 0 Å². The second-order valence-corrected chi connectivity index (χ2v) is 4.67. The number of hydrogen-bond acceptors (Lipinski definition) is 6. The van der Waals surface area contributed by atoms with Crippen LogP contribution in [0.2, 0.25) is 0 Å². The first-order chi connectivity index (χ1) is 9.33. The number of aliphatic hydroxyl groups excluding tert-OH is 2. The van der Waals surface area contributed by atoms with Gasteiger partial charge in [-0.2, -0.15) is 8.75 Å². The average molecular weight is 276 g/mol. The highest BCUT2D eigenvalue weighted by Gasteiger charge is 2.14. The Labute approximate surface area is 113 Å². The molecule has 2 heterocycles. The molecule has 6 nitrogen and oxygen atoms in total. The van der Waals surface area contributed by atoms with Crippen LogP contribution in [0.25, 0.3) is 22.4 Å². The van der Waals surface area contributed by atoms with Gasteiger partial charge in [-0.3, -0.25) is 0 Å². The van der Waals surface area contributed by atoms with E-state index in [0.29, 0.717) is 5.82 Å². The predicted octanol–water partition coefficient (Wildman–Crippen LogP) is 1.08. The molecule has 7 heteroatoms. The highest BCUT2D eigenvalue weighted by atomic mass is 32.1. The summed E-state index contributed by atoms with van der Waals surface area (Å²) in [7, 11) is 0. The summed E-state index contributed by atoms with van der Waals surface area (Å²) in [5, 5.41) is 18.6. The standard InChI is InChI=1S/C12H12N4O2S/c17-6-9(7-18)16-4-3-13-12(16)8-1-2-10-11(5-8)15-19-14-10/h1-5,9,17-18H,6-7H2. The van der Waals surface area contributed by atoms with Crippen LogP contribution < -0.4 is 0 Å². The fraction of sp³-hybridized carbons (Fsp3) is 0.250. The lowest BCUT2D eigenvalue weighted by molar-refractivity contribution is 0.155. The lowest BCUT2D eigenvalue weighted by Gasteiger charge is -2.15. The van der Waals surface area contributed by atoms with Gasteiger partial charge >= 0.3 is 0 Å². The van der Waals surface area contributed by atoms with Crippen LogP contribution >= 0.6 is 11.7 Å². The summed E-state index contributed by atoms with van der Waals surface area (Å²) in [4.78, 5) is 4.29. The number of benzene rings is 1. The van der Waals surface area contributed by atoms with Crippen molar-refractivity contribution in [3.05, 3.63) is 30.6 Å². The molecule has 3 aromatic rings. The third kappa shape index (κ3) is 2.12. The van der Waals surface area contributed by atoms with Gasteiger partial charge in [-0.25, -0.2) is 4.98 Å². The Hall–Kier alpha value is -1.83. The molecule has 0 amide bonds. The average Bonchev–Trinajstić information content (AvgIpc) is 3.07. The molecule has 0 saturated heterocycles. The van der Waals surface area contributed by atoms with Crippen LogP contribution in [0.1, 0.15) is 6.04 Å². The van der Waals surface area contributed by atoms with E-state index in [9.17, 15) is 10.2 Å². The molecule has 0 aliphatic carbocycles. The van der Waals surface area contributed by atoms with E-state index in [1.165, 1.54) is 11.7 Å². The van der Waals surface area contributed by atoms with E-state index in [1.54, 1.807) is 17.0 Å². The fourth-order valence-corrected chi connectivity index (χ4v) is 2.50. The second-order valence-electron chi connectivity index (χ2n) is 4.14. The molecule has 0 fully saturated rings. The molecule has 2 N–H and O–H groups in total.